The highest BCUT2D eigenvalue weighted by Crippen LogP contribution is 2.28. The molecule has 1 aromatic carbocycles. The molecule has 1 aliphatic heterocycles. The molecular formula is C16H19N3O2S. The smallest absolute Gasteiger partial charge is 0.274 e. The van der Waals surface area contributed by atoms with Gasteiger partial charge in [-0.25, -0.2) is 4.98 Å². The van der Waals surface area contributed by atoms with Crippen molar-refractivity contribution in [2.75, 3.05) is 13.2 Å². The molecule has 1 aromatic heterocycles. The molecule has 1 saturated heterocycles. The second kappa shape index (κ2) is 6.56. The average molecular weight is 317 g/mol. The fourth-order valence-electron chi connectivity index (χ4n) is 2.63. The Hall–Kier alpha value is -1.76. The Morgan fingerprint density at radius 3 is 2.91 bits per heavy atom. The van der Waals surface area contributed by atoms with Crippen LogP contribution in [-0.4, -0.2) is 35.0 Å². The number of rotatable bonds is 3. The lowest BCUT2D eigenvalue weighted by atomic mass is 10.0. The molecule has 0 saturated carbocycles. The molecule has 5 nitrogen and oxygen atoms in total. The van der Waals surface area contributed by atoms with E-state index in [2.05, 4.69) is 4.98 Å². The van der Waals surface area contributed by atoms with Crippen molar-refractivity contribution in [1.82, 2.24) is 9.88 Å². The lowest BCUT2D eigenvalue weighted by Gasteiger charge is -2.38. The van der Waals surface area contributed by atoms with Gasteiger partial charge >= 0.3 is 0 Å². The Labute approximate surface area is 133 Å². The second-order valence-corrected chi connectivity index (χ2v) is 6.30. The van der Waals surface area contributed by atoms with E-state index in [9.17, 15) is 4.79 Å². The molecule has 0 aliphatic carbocycles. The molecule has 1 aliphatic rings. The van der Waals surface area contributed by atoms with Crippen molar-refractivity contribution in [1.29, 1.82) is 0 Å². The minimum absolute atomic E-state index is 0.0246. The van der Waals surface area contributed by atoms with E-state index in [1.807, 2.05) is 42.2 Å². The lowest BCUT2D eigenvalue weighted by Crippen LogP contribution is -2.46. The van der Waals surface area contributed by atoms with Gasteiger partial charge in [0, 0.05) is 18.5 Å². The van der Waals surface area contributed by atoms with E-state index >= 15 is 0 Å². The minimum atomic E-state index is -0.0760. The van der Waals surface area contributed by atoms with Crippen LogP contribution < -0.4 is 5.73 Å². The molecule has 1 fully saturated rings. The number of thiazole rings is 1. The van der Waals surface area contributed by atoms with Crippen LogP contribution in [0.25, 0.3) is 0 Å². The number of ether oxygens (including phenoxy) is 1. The average Bonchev–Trinajstić information content (AvgIpc) is 3.04. The number of nitrogens with two attached hydrogens (primary N) is 1. The van der Waals surface area contributed by atoms with E-state index in [-0.39, 0.29) is 18.1 Å². The third kappa shape index (κ3) is 3.04. The van der Waals surface area contributed by atoms with Crippen molar-refractivity contribution >= 4 is 17.2 Å². The number of carbonyl (C=O) groups is 1. The van der Waals surface area contributed by atoms with Gasteiger partial charge in [0.05, 0.1) is 18.8 Å². The summed E-state index contributed by atoms with van der Waals surface area (Å²) in [6.45, 7) is 3.41. The predicted molar refractivity (Wildman–Crippen MR) is 85.6 cm³/mol. The van der Waals surface area contributed by atoms with Crippen molar-refractivity contribution in [2.24, 2.45) is 5.73 Å². The standard InChI is InChI=1S/C16H19N3O2S/c1-11-8-19(16(20)13-10-22-15(7-17)18-13)14(9-21-11)12-5-3-2-4-6-12/h2-6,10-11,14H,7-9,17H2,1H3/t11-,14+/m1/s1. The van der Waals surface area contributed by atoms with Crippen LogP contribution in [0.2, 0.25) is 0 Å². The summed E-state index contributed by atoms with van der Waals surface area (Å²) in [7, 11) is 0. The SMILES string of the molecule is C[C@@H]1CN(C(=O)c2csc(CN)n2)[C@H](c2ccccc2)CO1. The molecular weight excluding hydrogens is 298 g/mol. The van der Waals surface area contributed by atoms with Crippen molar-refractivity contribution < 1.29 is 9.53 Å². The number of hydrogen-bond donors (Lipinski definition) is 1. The first-order valence-electron chi connectivity index (χ1n) is 7.31. The predicted octanol–water partition coefficient (Wildman–Crippen LogP) is 2.20. The zero-order valence-corrected chi connectivity index (χ0v) is 13.3. The molecule has 22 heavy (non-hydrogen) atoms. The summed E-state index contributed by atoms with van der Waals surface area (Å²) >= 11 is 1.42. The molecule has 116 valence electrons. The van der Waals surface area contributed by atoms with E-state index in [0.29, 0.717) is 25.4 Å². The number of aromatic nitrogens is 1. The van der Waals surface area contributed by atoms with E-state index in [4.69, 9.17) is 10.5 Å². The van der Waals surface area contributed by atoms with Gasteiger partial charge in [-0.15, -0.1) is 11.3 Å². The number of nitrogens with zero attached hydrogens (tertiary/aromatic N) is 2. The van der Waals surface area contributed by atoms with Gasteiger partial charge in [-0.1, -0.05) is 30.3 Å². The number of amides is 1. The van der Waals surface area contributed by atoms with Gasteiger partial charge in [-0.3, -0.25) is 4.79 Å². The second-order valence-electron chi connectivity index (χ2n) is 5.36. The molecule has 1 amide bonds. The maximum atomic E-state index is 12.8. The van der Waals surface area contributed by atoms with Gasteiger partial charge in [-0.05, 0) is 12.5 Å². The molecule has 3 rings (SSSR count). The third-order valence-corrected chi connectivity index (χ3v) is 4.63. The topological polar surface area (TPSA) is 68.5 Å². The van der Waals surface area contributed by atoms with Crippen LogP contribution in [0.5, 0.6) is 0 Å². The molecule has 0 bridgehead atoms. The fraction of sp³-hybridized carbons (Fsp3) is 0.375. The van der Waals surface area contributed by atoms with E-state index in [1.54, 1.807) is 5.38 Å². The van der Waals surface area contributed by atoms with E-state index < -0.39 is 0 Å². The highest BCUT2D eigenvalue weighted by molar-refractivity contribution is 7.09. The van der Waals surface area contributed by atoms with Crippen LogP contribution in [0.1, 0.15) is 34.0 Å². The monoisotopic (exact) mass is 317 g/mol. The summed E-state index contributed by atoms with van der Waals surface area (Å²) in [5.74, 6) is -0.0556. The fourth-order valence-corrected chi connectivity index (χ4v) is 3.28. The van der Waals surface area contributed by atoms with Gasteiger partial charge in [0.1, 0.15) is 10.7 Å². The van der Waals surface area contributed by atoms with Crippen molar-refractivity contribution in [3.8, 4) is 0 Å². The number of carbonyl (C=O) groups excluding carboxylic acids is 1. The quantitative estimate of drug-likeness (QED) is 0.942. The summed E-state index contributed by atoms with van der Waals surface area (Å²) in [4.78, 5) is 19.0. The van der Waals surface area contributed by atoms with Crippen LogP contribution in [0.15, 0.2) is 35.7 Å². The van der Waals surface area contributed by atoms with E-state index in [0.717, 1.165) is 10.6 Å². The zero-order valence-electron chi connectivity index (χ0n) is 12.4. The van der Waals surface area contributed by atoms with Crippen LogP contribution >= 0.6 is 11.3 Å². The summed E-state index contributed by atoms with van der Waals surface area (Å²) in [6, 6.07) is 9.90. The van der Waals surface area contributed by atoms with Crippen LogP contribution in [0.3, 0.4) is 0 Å². The number of morpholine rings is 1. The molecule has 2 aromatic rings. The normalized spacial score (nSPS) is 21.8. The van der Waals surface area contributed by atoms with Crippen LogP contribution in [0, 0.1) is 0 Å². The number of hydrogen-bond acceptors (Lipinski definition) is 5. The van der Waals surface area contributed by atoms with Crippen molar-refractivity contribution in [3.05, 3.63) is 52.0 Å². The van der Waals surface area contributed by atoms with Gasteiger partial charge in [-0.2, -0.15) is 0 Å². The molecule has 0 unspecified atom stereocenters. The maximum absolute atomic E-state index is 12.8. The molecule has 2 heterocycles. The first-order chi connectivity index (χ1) is 10.7. The van der Waals surface area contributed by atoms with Gasteiger partial charge < -0.3 is 15.4 Å². The number of benzene rings is 1. The van der Waals surface area contributed by atoms with Crippen LogP contribution in [0.4, 0.5) is 0 Å². The Morgan fingerprint density at radius 2 is 2.23 bits per heavy atom. The highest BCUT2D eigenvalue weighted by atomic mass is 32.1. The summed E-state index contributed by atoms with van der Waals surface area (Å²) in [5, 5.41) is 2.56. The Kier molecular flexibility index (Phi) is 4.52. The Morgan fingerprint density at radius 1 is 1.45 bits per heavy atom. The van der Waals surface area contributed by atoms with Gasteiger partial charge in [0.25, 0.3) is 5.91 Å². The third-order valence-electron chi connectivity index (χ3n) is 3.76. The first-order valence-corrected chi connectivity index (χ1v) is 8.19. The highest BCUT2D eigenvalue weighted by Gasteiger charge is 2.33. The molecule has 6 heteroatoms. The largest absolute Gasteiger partial charge is 0.374 e. The van der Waals surface area contributed by atoms with E-state index in [1.165, 1.54) is 11.3 Å². The lowest BCUT2D eigenvalue weighted by molar-refractivity contribution is -0.0449. The van der Waals surface area contributed by atoms with Crippen molar-refractivity contribution in [3.63, 3.8) is 0 Å². The minimum Gasteiger partial charge on any atom is -0.374 e. The summed E-state index contributed by atoms with van der Waals surface area (Å²) in [6.07, 6.45) is 0.0246. The Balaban J connectivity index is 1.88. The molecule has 0 radical (unpaired) electrons. The maximum Gasteiger partial charge on any atom is 0.274 e. The molecule has 2 atom stereocenters. The molecule has 0 spiro atoms. The van der Waals surface area contributed by atoms with Gasteiger partial charge in [0.2, 0.25) is 0 Å². The van der Waals surface area contributed by atoms with Gasteiger partial charge in [0.15, 0.2) is 0 Å². The first kappa shape index (κ1) is 15.1. The van der Waals surface area contributed by atoms with Crippen molar-refractivity contribution in [2.45, 2.75) is 25.6 Å². The van der Waals surface area contributed by atoms with Crippen LogP contribution in [-0.2, 0) is 11.3 Å². The zero-order chi connectivity index (χ0) is 15.5. The summed E-state index contributed by atoms with van der Waals surface area (Å²) < 4.78 is 5.76. The Bertz CT molecular complexity index is 644. The molecule has 2 N–H and O–H groups in total. The summed E-state index contributed by atoms with van der Waals surface area (Å²) in [5.41, 5.74) is 7.14.